The Labute approximate surface area is 111 Å². The minimum atomic E-state index is 0.136. The number of rotatable bonds is 7. The Bertz CT molecular complexity index is 324. The number of nitrogens with two attached hydrogens (primary N) is 1. The summed E-state index contributed by atoms with van der Waals surface area (Å²) < 4.78 is 0. The molecule has 1 heterocycles. The average Bonchev–Trinajstić information content (AvgIpc) is 2.37. The van der Waals surface area contributed by atoms with Crippen LogP contribution in [-0.4, -0.2) is 29.5 Å². The van der Waals surface area contributed by atoms with Gasteiger partial charge in [-0.05, 0) is 44.5 Å². The van der Waals surface area contributed by atoms with Gasteiger partial charge in [-0.15, -0.1) is 0 Å². The highest BCUT2D eigenvalue weighted by atomic mass is 15.2. The summed E-state index contributed by atoms with van der Waals surface area (Å²) in [5.74, 6) is 0.717. The molecule has 0 aliphatic heterocycles. The third-order valence-corrected chi connectivity index (χ3v) is 3.40. The van der Waals surface area contributed by atoms with Crippen LogP contribution in [0.15, 0.2) is 24.4 Å². The molecule has 0 radical (unpaired) electrons. The largest absolute Gasteiger partial charge is 0.326 e. The monoisotopic (exact) mass is 249 g/mol. The molecule has 1 aromatic rings. The van der Waals surface area contributed by atoms with Crippen LogP contribution in [0.3, 0.4) is 0 Å². The van der Waals surface area contributed by atoms with Gasteiger partial charge < -0.3 is 5.73 Å². The molecule has 0 saturated heterocycles. The second-order valence-electron chi connectivity index (χ2n) is 5.43. The minimum Gasteiger partial charge on any atom is -0.326 e. The highest BCUT2D eigenvalue weighted by molar-refractivity contribution is 5.11. The van der Waals surface area contributed by atoms with E-state index in [1.54, 1.807) is 0 Å². The normalized spacial score (nSPS) is 15.1. The molecule has 0 aliphatic rings. The standard InChI is InChI=1S/C15H27N3/c1-5-13(16)15(14-8-6-7-10-17-14)18(4)11-9-12(2)3/h6-8,10,12-13,15H,5,9,11,16H2,1-4H3. The Morgan fingerprint density at radius 2 is 2.06 bits per heavy atom. The van der Waals surface area contributed by atoms with Crippen LogP contribution in [0.1, 0.15) is 45.3 Å². The van der Waals surface area contributed by atoms with E-state index in [-0.39, 0.29) is 12.1 Å². The van der Waals surface area contributed by atoms with Crippen LogP contribution in [0.2, 0.25) is 0 Å². The van der Waals surface area contributed by atoms with Gasteiger partial charge in [0.2, 0.25) is 0 Å². The van der Waals surface area contributed by atoms with Crippen molar-refractivity contribution in [1.29, 1.82) is 0 Å². The van der Waals surface area contributed by atoms with Gasteiger partial charge in [0.1, 0.15) is 0 Å². The molecule has 1 rings (SSSR count). The molecular weight excluding hydrogens is 222 g/mol. The first-order chi connectivity index (χ1) is 8.56. The molecule has 0 aromatic carbocycles. The number of hydrogen-bond acceptors (Lipinski definition) is 3. The van der Waals surface area contributed by atoms with Crippen LogP contribution >= 0.6 is 0 Å². The van der Waals surface area contributed by atoms with Crippen molar-refractivity contribution < 1.29 is 0 Å². The lowest BCUT2D eigenvalue weighted by atomic mass is 10.00. The van der Waals surface area contributed by atoms with Crippen LogP contribution in [0, 0.1) is 5.92 Å². The zero-order chi connectivity index (χ0) is 13.5. The predicted octanol–water partition coefficient (Wildman–Crippen LogP) is 2.84. The molecule has 102 valence electrons. The molecule has 2 N–H and O–H groups in total. The third-order valence-electron chi connectivity index (χ3n) is 3.40. The topological polar surface area (TPSA) is 42.1 Å². The van der Waals surface area contributed by atoms with E-state index < -0.39 is 0 Å². The van der Waals surface area contributed by atoms with Gasteiger partial charge >= 0.3 is 0 Å². The van der Waals surface area contributed by atoms with E-state index in [0.717, 1.165) is 24.6 Å². The zero-order valence-corrected chi connectivity index (χ0v) is 12.1. The fraction of sp³-hybridized carbons (Fsp3) is 0.667. The van der Waals surface area contributed by atoms with Crippen LogP contribution in [-0.2, 0) is 0 Å². The predicted molar refractivity (Wildman–Crippen MR) is 77.3 cm³/mol. The van der Waals surface area contributed by atoms with Gasteiger partial charge in [0.05, 0.1) is 11.7 Å². The van der Waals surface area contributed by atoms with Crippen LogP contribution in [0.25, 0.3) is 0 Å². The van der Waals surface area contributed by atoms with Crippen LogP contribution in [0.5, 0.6) is 0 Å². The molecule has 0 spiro atoms. The molecule has 3 nitrogen and oxygen atoms in total. The Morgan fingerprint density at radius 1 is 1.33 bits per heavy atom. The quantitative estimate of drug-likeness (QED) is 0.808. The summed E-state index contributed by atoms with van der Waals surface area (Å²) in [5, 5.41) is 0. The number of aromatic nitrogens is 1. The lowest BCUT2D eigenvalue weighted by Crippen LogP contribution is -2.40. The molecule has 2 unspecified atom stereocenters. The number of hydrogen-bond donors (Lipinski definition) is 1. The van der Waals surface area contributed by atoms with Crippen molar-refractivity contribution in [2.75, 3.05) is 13.6 Å². The van der Waals surface area contributed by atoms with Gasteiger partial charge in [0.25, 0.3) is 0 Å². The van der Waals surface area contributed by atoms with Gasteiger partial charge in [-0.2, -0.15) is 0 Å². The molecular formula is C15H27N3. The summed E-state index contributed by atoms with van der Waals surface area (Å²) in [6, 6.07) is 6.42. The van der Waals surface area contributed by atoms with Crippen LogP contribution < -0.4 is 5.73 Å². The van der Waals surface area contributed by atoms with Crippen molar-refractivity contribution >= 4 is 0 Å². The molecule has 1 aromatic heterocycles. The maximum Gasteiger partial charge on any atom is 0.0671 e. The lowest BCUT2D eigenvalue weighted by molar-refractivity contribution is 0.195. The van der Waals surface area contributed by atoms with E-state index in [1.807, 2.05) is 18.3 Å². The highest BCUT2D eigenvalue weighted by Crippen LogP contribution is 2.22. The summed E-state index contributed by atoms with van der Waals surface area (Å²) >= 11 is 0. The summed E-state index contributed by atoms with van der Waals surface area (Å²) in [4.78, 5) is 6.82. The van der Waals surface area contributed by atoms with Gasteiger partial charge in [-0.25, -0.2) is 0 Å². The first kappa shape index (κ1) is 15.1. The van der Waals surface area contributed by atoms with Crippen molar-refractivity contribution in [1.82, 2.24) is 9.88 Å². The van der Waals surface area contributed by atoms with Crippen molar-refractivity contribution in [3.8, 4) is 0 Å². The van der Waals surface area contributed by atoms with Gasteiger partial charge in [0.15, 0.2) is 0 Å². The van der Waals surface area contributed by atoms with E-state index in [2.05, 4.69) is 43.8 Å². The lowest BCUT2D eigenvalue weighted by Gasteiger charge is -2.32. The third kappa shape index (κ3) is 4.39. The van der Waals surface area contributed by atoms with E-state index in [9.17, 15) is 0 Å². The smallest absolute Gasteiger partial charge is 0.0671 e. The van der Waals surface area contributed by atoms with E-state index >= 15 is 0 Å². The average molecular weight is 249 g/mol. The molecule has 0 amide bonds. The summed E-state index contributed by atoms with van der Waals surface area (Å²) in [7, 11) is 2.15. The van der Waals surface area contributed by atoms with Gasteiger partial charge in [-0.3, -0.25) is 9.88 Å². The SMILES string of the molecule is CCC(N)C(c1ccccn1)N(C)CCC(C)C. The molecule has 3 heteroatoms. The van der Waals surface area contributed by atoms with Crippen molar-refractivity contribution in [2.45, 2.75) is 45.7 Å². The van der Waals surface area contributed by atoms with Gasteiger partial charge in [0, 0.05) is 12.2 Å². The first-order valence-electron chi connectivity index (χ1n) is 6.93. The Kier molecular flexibility index (Phi) is 6.30. The Hall–Kier alpha value is -0.930. The van der Waals surface area contributed by atoms with E-state index in [1.165, 1.54) is 6.42 Å². The summed E-state index contributed by atoms with van der Waals surface area (Å²) in [5.41, 5.74) is 7.36. The Balaban J connectivity index is 2.78. The second-order valence-corrected chi connectivity index (χ2v) is 5.43. The molecule has 0 bridgehead atoms. The number of nitrogens with zero attached hydrogens (tertiary/aromatic N) is 2. The van der Waals surface area contributed by atoms with E-state index in [0.29, 0.717) is 0 Å². The maximum absolute atomic E-state index is 6.27. The first-order valence-corrected chi connectivity index (χ1v) is 6.93. The molecule has 0 saturated carbocycles. The number of likely N-dealkylation sites (N-methyl/N-ethyl adjacent to an activating group) is 1. The maximum atomic E-state index is 6.27. The molecule has 0 fully saturated rings. The fourth-order valence-electron chi connectivity index (χ4n) is 2.15. The van der Waals surface area contributed by atoms with Crippen LogP contribution in [0.4, 0.5) is 0 Å². The molecule has 18 heavy (non-hydrogen) atoms. The fourth-order valence-corrected chi connectivity index (χ4v) is 2.15. The van der Waals surface area contributed by atoms with E-state index in [4.69, 9.17) is 5.73 Å². The van der Waals surface area contributed by atoms with Crippen molar-refractivity contribution in [3.63, 3.8) is 0 Å². The summed E-state index contributed by atoms with van der Waals surface area (Å²) in [6.07, 6.45) is 4.00. The Morgan fingerprint density at radius 3 is 2.56 bits per heavy atom. The zero-order valence-electron chi connectivity index (χ0n) is 12.1. The second kappa shape index (κ2) is 7.49. The van der Waals surface area contributed by atoms with Crippen molar-refractivity contribution in [2.24, 2.45) is 11.7 Å². The van der Waals surface area contributed by atoms with Gasteiger partial charge in [-0.1, -0.05) is 26.8 Å². The highest BCUT2D eigenvalue weighted by Gasteiger charge is 2.23. The minimum absolute atomic E-state index is 0.136. The molecule has 0 aliphatic carbocycles. The molecule has 2 atom stereocenters. The number of pyridine rings is 1. The van der Waals surface area contributed by atoms with Crippen molar-refractivity contribution in [3.05, 3.63) is 30.1 Å². The summed E-state index contributed by atoms with van der Waals surface area (Å²) in [6.45, 7) is 7.70.